The van der Waals surface area contributed by atoms with E-state index in [9.17, 15) is 10.2 Å². The molecule has 0 amide bonds. The molecule has 4 aromatic rings. The third-order valence-electron chi connectivity index (χ3n) is 3.92. The number of nitrogens with zero attached hydrogens (tertiary/aromatic N) is 2. The Labute approximate surface area is 172 Å². The van der Waals surface area contributed by atoms with Crippen LogP contribution in [-0.4, -0.2) is 21.4 Å². The molecule has 0 unspecified atom stereocenters. The predicted octanol–water partition coefficient (Wildman–Crippen LogP) is 6.54. The van der Waals surface area contributed by atoms with Gasteiger partial charge in [0.25, 0.3) is 0 Å². The van der Waals surface area contributed by atoms with Crippen LogP contribution in [0.15, 0.2) is 64.1 Å². The van der Waals surface area contributed by atoms with Crippen molar-refractivity contribution in [3.05, 3.63) is 69.7 Å². The zero-order valence-corrected chi connectivity index (χ0v) is 16.9. The van der Waals surface area contributed by atoms with Gasteiger partial charge in [-0.2, -0.15) is 0 Å². The first kappa shape index (κ1) is 18.0. The van der Waals surface area contributed by atoms with Crippen LogP contribution in [0, 0.1) is 0 Å². The largest absolute Gasteiger partial charge is 0.507 e. The lowest BCUT2D eigenvalue weighted by atomic mass is 10.2. The molecule has 0 bridgehead atoms. The number of rotatable bonds is 3. The minimum Gasteiger partial charge on any atom is -0.507 e. The fraction of sp³-hybridized carbons (Fsp3) is 0. The minimum atomic E-state index is 0.0541. The Bertz CT molecular complexity index is 1160. The molecule has 7 heteroatoms. The maximum Gasteiger partial charge on any atom is 0.138 e. The fourth-order valence-electron chi connectivity index (χ4n) is 2.60. The summed E-state index contributed by atoms with van der Waals surface area (Å²) in [5.41, 5.74) is 2.58. The van der Waals surface area contributed by atoms with E-state index >= 15 is 0 Å². The summed E-state index contributed by atoms with van der Waals surface area (Å²) in [7, 11) is 0. The molecular formula is C20H12BrClN2O2S. The standard InChI is InChI=1S/C20H12BrClN2O2S/c21-15-8-12(22)7-11(19(15)26)10-23-13-5-6-14(17(25)9-13)20-24-16-3-1-2-4-18(16)27-20/h1-10,25-26H. The molecule has 2 N–H and O–H groups in total. The zero-order chi connectivity index (χ0) is 19.0. The van der Waals surface area contributed by atoms with Crippen molar-refractivity contribution in [1.82, 2.24) is 4.98 Å². The third-order valence-corrected chi connectivity index (χ3v) is 5.81. The molecule has 1 aromatic heterocycles. The van der Waals surface area contributed by atoms with Crippen molar-refractivity contribution in [3.8, 4) is 22.1 Å². The molecule has 3 aromatic carbocycles. The summed E-state index contributed by atoms with van der Waals surface area (Å²) in [5.74, 6) is 0.152. The van der Waals surface area contributed by atoms with Crippen molar-refractivity contribution >= 4 is 61.0 Å². The van der Waals surface area contributed by atoms with Crippen molar-refractivity contribution in [1.29, 1.82) is 0 Å². The monoisotopic (exact) mass is 458 g/mol. The first-order valence-corrected chi connectivity index (χ1v) is 9.91. The molecule has 0 radical (unpaired) electrons. The lowest BCUT2D eigenvalue weighted by Crippen LogP contribution is -1.84. The highest BCUT2D eigenvalue weighted by atomic mass is 79.9. The molecule has 4 nitrogen and oxygen atoms in total. The summed E-state index contributed by atoms with van der Waals surface area (Å²) in [4.78, 5) is 8.88. The maximum absolute atomic E-state index is 10.4. The summed E-state index contributed by atoms with van der Waals surface area (Å²) >= 11 is 10.8. The second-order valence-electron chi connectivity index (χ2n) is 5.77. The Balaban J connectivity index is 1.66. The Morgan fingerprint density at radius 1 is 1.07 bits per heavy atom. The van der Waals surface area contributed by atoms with E-state index in [4.69, 9.17) is 11.6 Å². The van der Waals surface area contributed by atoms with E-state index in [1.807, 2.05) is 24.3 Å². The minimum absolute atomic E-state index is 0.0541. The highest BCUT2D eigenvalue weighted by molar-refractivity contribution is 9.10. The number of phenolic OH excluding ortho intramolecular Hbond substituents is 2. The summed E-state index contributed by atoms with van der Waals surface area (Å²) < 4.78 is 1.56. The molecule has 0 atom stereocenters. The Hall–Kier alpha value is -2.41. The number of halogens is 2. The van der Waals surface area contributed by atoms with Crippen molar-refractivity contribution in [2.75, 3.05) is 0 Å². The van der Waals surface area contributed by atoms with Gasteiger partial charge in [-0.05, 0) is 52.3 Å². The quantitative estimate of drug-likeness (QED) is 0.342. The molecule has 0 aliphatic heterocycles. The van der Waals surface area contributed by atoms with Crippen LogP contribution in [0.5, 0.6) is 11.5 Å². The summed E-state index contributed by atoms with van der Waals surface area (Å²) in [6, 6.07) is 16.2. The second-order valence-corrected chi connectivity index (χ2v) is 8.09. The third kappa shape index (κ3) is 3.69. The molecule has 27 heavy (non-hydrogen) atoms. The number of phenols is 2. The molecule has 0 saturated heterocycles. The van der Waals surface area contributed by atoms with E-state index < -0.39 is 0 Å². The molecule has 0 aliphatic carbocycles. The van der Waals surface area contributed by atoms with Gasteiger partial charge in [-0.3, -0.25) is 4.99 Å². The van der Waals surface area contributed by atoms with Crippen LogP contribution in [0.25, 0.3) is 20.8 Å². The summed E-state index contributed by atoms with van der Waals surface area (Å²) in [5, 5.41) is 21.7. The van der Waals surface area contributed by atoms with E-state index in [0.29, 0.717) is 26.3 Å². The van der Waals surface area contributed by atoms with Crippen LogP contribution < -0.4 is 0 Å². The van der Waals surface area contributed by atoms with Crippen LogP contribution >= 0.6 is 38.9 Å². The number of benzene rings is 3. The van der Waals surface area contributed by atoms with Crippen LogP contribution in [-0.2, 0) is 0 Å². The van der Waals surface area contributed by atoms with Gasteiger partial charge < -0.3 is 10.2 Å². The van der Waals surface area contributed by atoms with Crippen molar-refractivity contribution in [2.45, 2.75) is 0 Å². The van der Waals surface area contributed by atoms with Gasteiger partial charge in [-0.25, -0.2) is 4.98 Å². The highest BCUT2D eigenvalue weighted by Crippen LogP contribution is 2.37. The van der Waals surface area contributed by atoms with Gasteiger partial charge in [0.05, 0.1) is 25.9 Å². The van der Waals surface area contributed by atoms with E-state index in [0.717, 1.165) is 15.2 Å². The first-order valence-electron chi connectivity index (χ1n) is 7.92. The normalized spacial score (nSPS) is 11.5. The van der Waals surface area contributed by atoms with Crippen LogP contribution in [0.2, 0.25) is 5.02 Å². The molecule has 0 fully saturated rings. The van der Waals surface area contributed by atoms with Gasteiger partial charge in [0.1, 0.15) is 16.5 Å². The number of para-hydroxylation sites is 1. The number of aromatic nitrogens is 1. The lowest BCUT2D eigenvalue weighted by Gasteiger charge is -2.04. The van der Waals surface area contributed by atoms with E-state index in [-0.39, 0.29) is 11.5 Å². The smallest absolute Gasteiger partial charge is 0.138 e. The SMILES string of the molecule is Oc1cc(N=Cc2cc(Cl)cc(Br)c2O)ccc1-c1nc2ccccc2s1. The fourth-order valence-corrected chi connectivity index (χ4v) is 4.43. The molecule has 1 heterocycles. The second kappa shape index (κ2) is 7.31. The number of hydrogen-bond acceptors (Lipinski definition) is 5. The topological polar surface area (TPSA) is 65.7 Å². The molecule has 134 valence electrons. The van der Waals surface area contributed by atoms with Gasteiger partial charge in [0.15, 0.2) is 0 Å². The van der Waals surface area contributed by atoms with Crippen LogP contribution in [0.1, 0.15) is 5.56 Å². The summed E-state index contributed by atoms with van der Waals surface area (Å²) in [6.07, 6.45) is 1.50. The van der Waals surface area contributed by atoms with Gasteiger partial charge in [0, 0.05) is 22.9 Å². The van der Waals surface area contributed by atoms with Gasteiger partial charge in [0.2, 0.25) is 0 Å². The Morgan fingerprint density at radius 3 is 2.67 bits per heavy atom. The highest BCUT2D eigenvalue weighted by Gasteiger charge is 2.11. The van der Waals surface area contributed by atoms with Crippen LogP contribution in [0.3, 0.4) is 0 Å². The average Bonchev–Trinajstić information content (AvgIpc) is 3.07. The van der Waals surface area contributed by atoms with Gasteiger partial charge in [-0.1, -0.05) is 23.7 Å². The number of aromatic hydroxyl groups is 2. The van der Waals surface area contributed by atoms with E-state index in [2.05, 4.69) is 25.9 Å². The van der Waals surface area contributed by atoms with E-state index in [1.54, 1.807) is 30.3 Å². The number of hydrogen-bond donors (Lipinski definition) is 2. The van der Waals surface area contributed by atoms with Gasteiger partial charge in [-0.15, -0.1) is 11.3 Å². The maximum atomic E-state index is 10.4. The predicted molar refractivity (Wildman–Crippen MR) is 115 cm³/mol. The average molecular weight is 460 g/mol. The number of fused-ring (bicyclic) bond motifs is 1. The van der Waals surface area contributed by atoms with Crippen molar-refractivity contribution in [2.24, 2.45) is 4.99 Å². The molecule has 0 spiro atoms. The molecule has 4 rings (SSSR count). The Kier molecular flexibility index (Phi) is 4.86. The van der Waals surface area contributed by atoms with E-state index in [1.165, 1.54) is 17.6 Å². The van der Waals surface area contributed by atoms with Crippen LogP contribution in [0.4, 0.5) is 5.69 Å². The van der Waals surface area contributed by atoms with Crippen molar-refractivity contribution in [3.63, 3.8) is 0 Å². The van der Waals surface area contributed by atoms with Crippen molar-refractivity contribution < 1.29 is 10.2 Å². The molecule has 0 aliphatic rings. The number of aliphatic imine (C=N–C) groups is 1. The number of thiazole rings is 1. The first-order chi connectivity index (χ1) is 13.0. The Morgan fingerprint density at radius 2 is 1.89 bits per heavy atom. The summed E-state index contributed by atoms with van der Waals surface area (Å²) in [6.45, 7) is 0. The zero-order valence-electron chi connectivity index (χ0n) is 13.7. The molecular weight excluding hydrogens is 448 g/mol. The lowest BCUT2D eigenvalue weighted by molar-refractivity contribution is 0.471. The van der Waals surface area contributed by atoms with Gasteiger partial charge >= 0.3 is 0 Å². The molecule has 0 saturated carbocycles.